The Morgan fingerprint density at radius 2 is 1.90 bits per heavy atom. The molecule has 0 saturated heterocycles. The van der Waals surface area contributed by atoms with Crippen molar-refractivity contribution in [2.45, 2.75) is 6.92 Å². The summed E-state index contributed by atoms with van der Waals surface area (Å²) in [6, 6.07) is 13.5. The third-order valence-electron chi connectivity index (χ3n) is 3.47. The van der Waals surface area contributed by atoms with Crippen molar-refractivity contribution in [2.24, 2.45) is 0 Å². The molecule has 0 aliphatic rings. The van der Waals surface area contributed by atoms with E-state index in [1.807, 2.05) is 43.3 Å². The van der Waals surface area contributed by atoms with Crippen molar-refractivity contribution in [1.29, 1.82) is 0 Å². The first-order valence-corrected chi connectivity index (χ1v) is 6.42. The minimum atomic E-state index is 0.306. The number of phenolic OH excluding ortho intramolecular Hbond substituents is 1. The van der Waals surface area contributed by atoms with Crippen molar-refractivity contribution >= 4 is 10.9 Å². The quantitative estimate of drug-likeness (QED) is 0.763. The van der Waals surface area contributed by atoms with Gasteiger partial charge in [-0.05, 0) is 47.9 Å². The van der Waals surface area contributed by atoms with Gasteiger partial charge >= 0.3 is 0 Å². The highest BCUT2D eigenvalue weighted by Gasteiger charge is 2.07. The highest BCUT2D eigenvalue weighted by atomic mass is 16.5. The zero-order valence-electron chi connectivity index (χ0n) is 11.4. The van der Waals surface area contributed by atoms with Crippen LogP contribution >= 0.6 is 0 Å². The minimum absolute atomic E-state index is 0.306. The van der Waals surface area contributed by atoms with Gasteiger partial charge < -0.3 is 9.84 Å². The summed E-state index contributed by atoms with van der Waals surface area (Å²) in [4.78, 5) is 4.37. The van der Waals surface area contributed by atoms with E-state index in [4.69, 9.17) is 4.74 Å². The Balaban J connectivity index is 2.22. The minimum Gasteiger partial charge on any atom is -0.508 e. The molecule has 3 aromatic rings. The number of nitrogens with zero attached hydrogens (tertiary/aromatic N) is 1. The maximum atomic E-state index is 9.88. The van der Waals surface area contributed by atoms with E-state index in [2.05, 4.69) is 4.98 Å². The predicted octanol–water partition coefficient (Wildman–Crippen LogP) is 3.92. The van der Waals surface area contributed by atoms with Crippen LogP contribution in [-0.2, 0) is 0 Å². The third-order valence-corrected chi connectivity index (χ3v) is 3.47. The molecule has 100 valence electrons. The molecule has 0 fully saturated rings. The van der Waals surface area contributed by atoms with Gasteiger partial charge in [0.25, 0.3) is 0 Å². The second kappa shape index (κ2) is 4.85. The number of pyridine rings is 1. The Kier molecular flexibility index (Phi) is 3.03. The lowest BCUT2D eigenvalue weighted by molar-refractivity contribution is 0.415. The Morgan fingerprint density at radius 1 is 1.05 bits per heavy atom. The number of aryl methyl sites for hydroxylation is 1. The van der Waals surface area contributed by atoms with Crippen LogP contribution in [0.5, 0.6) is 11.5 Å². The molecule has 0 bridgehead atoms. The molecular weight excluding hydrogens is 250 g/mol. The summed E-state index contributed by atoms with van der Waals surface area (Å²) < 4.78 is 5.22. The van der Waals surface area contributed by atoms with E-state index in [9.17, 15) is 5.11 Å². The van der Waals surface area contributed by atoms with Crippen LogP contribution in [0.1, 0.15) is 5.56 Å². The average Bonchev–Trinajstić information content (AvgIpc) is 2.49. The standard InChI is InChI=1S/C17H15NO2/c1-11-3-4-12(9-17(11)19)14-7-8-18-16-10-13(20-2)5-6-15(14)16/h3-10,19H,1-2H3. The topological polar surface area (TPSA) is 42.4 Å². The molecule has 0 saturated carbocycles. The number of rotatable bonds is 2. The molecular formula is C17H15NO2. The first kappa shape index (κ1) is 12.5. The van der Waals surface area contributed by atoms with Gasteiger partial charge in [-0.3, -0.25) is 4.98 Å². The Morgan fingerprint density at radius 3 is 2.65 bits per heavy atom. The highest BCUT2D eigenvalue weighted by Crippen LogP contribution is 2.32. The molecule has 3 rings (SSSR count). The van der Waals surface area contributed by atoms with E-state index in [1.54, 1.807) is 19.4 Å². The van der Waals surface area contributed by atoms with Gasteiger partial charge in [-0.2, -0.15) is 0 Å². The Labute approximate surface area is 117 Å². The van der Waals surface area contributed by atoms with Crippen LogP contribution in [0.3, 0.4) is 0 Å². The van der Waals surface area contributed by atoms with E-state index in [0.29, 0.717) is 5.75 Å². The summed E-state index contributed by atoms with van der Waals surface area (Å²) in [6.07, 6.45) is 1.77. The molecule has 0 spiro atoms. The smallest absolute Gasteiger partial charge is 0.121 e. The highest BCUT2D eigenvalue weighted by molar-refractivity contribution is 5.95. The number of phenols is 1. The zero-order chi connectivity index (χ0) is 14.1. The fraction of sp³-hybridized carbons (Fsp3) is 0.118. The van der Waals surface area contributed by atoms with Crippen molar-refractivity contribution in [1.82, 2.24) is 4.98 Å². The molecule has 0 atom stereocenters. The first-order valence-electron chi connectivity index (χ1n) is 6.42. The van der Waals surface area contributed by atoms with E-state index >= 15 is 0 Å². The normalized spacial score (nSPS) is 10.7. The first-order chi connectivity index (χ1) is 9.69. The number of methoxy groups -OCH3 is 1. The lowest BCUT2D eigenvalue weighted by Crippen LogP contribution is -1.87. The summed E-state index contributed by atoms with van der Waals surface area (Å²) >= 11 is 0. The molecule has 2 aromatic carbocycles. The molecule has 0 aliphatic heterocycles. The molecule has 3 heteroatoms. The lowest BCUT2D eigenvalue weighted by Gasteiger charge is -2.09. The van der Waals surface area contributed by atoms with E-state index in [1.165, 1.54) is 0 Å². The van der Waals surface area contributed by atoms with Gasteiger partial charge in [0, 0.05) is 17.6 Å². The molecule has 0 amide bonds. The van der Waals surface area contributed by atoms with Crippen LogP contribution in [0.2, 0.25) is 0 Å². The van der Waals surface area contributed by atoms with Crippen LogP contribution in [0.4, 0.5) is 0 Å². The number of fused-ring (bicyclic) bond motifs is 1. The van der Waals surface area contributed by atoms with Crippen LogP contribution in [0, 0.1) is 6.92 Å². The van der Waals surface area contributed by atoms with Crippen molar-refractivity contribution < 1.29 is 9.84 Å². The molecule has 0 radical (unpaired) electrons. The number of ether oxygens (including phenoxy) is 1. The fourth-order valence-corrected chi connectivity index (χ4v) is 2.28. The summed E-state index contributed by atoms with van der Waals surface area (Å²) in [5.74, 6) is 1.09. The monoisotopic (exact) mass is 265 g/mol. The summed E-state index contributed by atoms with van der Waals surface area (Å²) in [6.45, 7) is 1.88. The fourth-order valence-electron chi connectivity index (χ4n) is 2.28. The Bertz CT molecular complexity index is 781. The van der Waals surface area contributed by atoms with Crippen molar-refractivity contribution in [3.63, 3.8) is 0 Å². The molecule has 0 unspecified atom stereocenters. The summed E-state index contributed by atoms with van der Waals surface area (Å²) in [5.41, 5.74) is 3.77. The van der Waals surface area contributed by atoms with E-state index < -0.39 is 0 Å². The number of hydrogen-bond acceptors (Lipinski definition) is 3. The predicted molar refractivity (Wildman–Crippen MR) is 80.1 cm³/mol. The van der Waals surface area contributed by atoms with Gasteiger partial charge in [-0.25, -0.2) is 0 Å². The number of hydrogen-bond donors (Lipinski definition) is 1. The van der Waals surface area contributed by atoms with Crippen LogP contribution in [0.15, 0.2) is 48.7 Å². The van der Waals surface area contributed by atoms with E-state index in [-0.39, 0.29) is 0 Å². The second-order valence-electron chi connectivity index (χ2n) is 4.74. The van der Waals surface area contributed by atoms with Gasteiger partial charge in [0.1, 0.15) is 11.5 Å². The van der Waals surface area contributed by atoms with Crippen LogP contribution in [-0.4, -0.2) is 17.2 Å². The van der Waals surface area contributed by atoms with Gasteiger partial charge in [0.2, 0.25) is 0 Å². The molecule has 1 N–H and O–H groups in total. The SMILES string of the molecule is COc1ccc2c(-c3ccc(C)c(O)c3)ccnc2c1. The van der Waals surface area contributed by atoms with Crippen LogP contribution < -0.4 is 4.74 Å². The zero-order valence-corrected chi connectivity index (χ0v) is 11.4. The van der Waals surface area contributed by atoms with E-state index in [0.717, 1.165) is 33.3 Å². The number of benzene rings is 2. The molecule has 1 heterocycles. The third kappa shape index (κ3) is 2.07. The molecule has 20 heavy (non-hydrogen) atoms. The largest absolute Gasteiger partial charge is 0.508 e. The van der Waals surface area contributed by atoms with Crippen molar-refractivity contribution in [3.8, 4) is 22.6 Å². The van der Waals surface area contributed by atoms with Gasteiger partial charge in [-0.1, -0.05) is 12.1 Å². The summed E-state index contributed by atoms with van der Waals surface area (Å²) in [5, 5.41) is 10.9. The van der Waals surface area contributed by atoms with Crippen molar-refractivity contribution in [2.75, 3.05) is 7.11 Å². The van der Waals surface area contributed by atoms with Gasteiger partial charge in [0.15, 0.2) is 0 Å². The Hall–Kier alpha value is -2.55. The molecule has 3 nitrogen and oxygen atoms in total. The molecule has 1 aromatic heterocycles. The number of aromatic hydroxyl groups is 1. The molecule has 0 aliphatic carbocycles. The maximum Gasteiger partial charge on any atom is 0.121 e. The average molecular weight is 265 g/mol. The van der Waals surface area contributed by atoms with Gasteiger partial charge in [-0.15, -0.1) is 0 Å². The second-order valence-corrected chi connectivity index (χ2v) is 4.74. The van der Waals surface area contributed by atoms with Crippen molar-refractivity contribution in [3.05, 3.63) is 54.2 Å². The summed E-state index contributed by atoms with van der Waals surface area (Å²) in [7, 11) is 1.64. The number of aromatic nitrogens is 1. The van der Waals surface area contributed by atoms with Gasteiger partial charge in [0.05, 0.1) is 12.6 Å². The lowest BCUT2D eigenvalue weighted by atomic mass is 10.00. The van der Waals surface area contributed by atoms with Crippen LogP contribution in [0.25, 0.3) is 22.0 Å². The maximum absolute atomic E-state index is 9.88.